The minimum Gasteiger partial charge on any atom is -0.424 e. The Morgan fingerprint density at radius 3 is 1.86 bits per heavy atom. The summed E-state index contributed by atoms with van der Waals surface area (Å²) in [5.74, 6) is 1.19. The van der Waals surface area contributed by atoms with E-state index in [-0.39, 0.29) is 12.1 Å². The molecule has 1 aromatic heterocycles. The number of benzene rings is 2. The number of rotatable bonds is 5. The van der Waals surface area contributed by atoms with Gasteiger partial charge in [-0.15, -0.1) is 10.2 Å². The van der Waals surface area contributed by atoms with E-state index in [1.165, 1.54) is 11.1 Å². The van der Waals surface area contributed by atoms with Gasteiger partial charge in [0.1, 0.15) is 0 Å². The third-order valence-corrected chi connectivity index (χ3v) is 3.59. The molecule has 0 aliphatic heterocycles. The fourth-order valence-electron chi connectivity index (χ4n) is 2.48. The lowest BCUT2D eigenvalue weighted by atomic mass is 9.98. The minimum atomic E-state index is -0.0355. The summed E-state index contributed by atoms with van der Waals surface area (Å²) >= 11 is 0. The van der Waals surface area contributed by atoms with Crippen molar-refractivity contribution in [1.82, 2.24) is 15.5 Å². The minimum absolute atomic E-state index is 0.0355. The van der Waals surface area contributed by atoms with Gasteiger partial charge in [0.2, 0.25) is 11.8 Å². The van der Waals surface area contributed by atoms with Gasteiger partial charge >= 0.3 is 0 Å². The van der Waals surface area contributed by atoms with Crippen LogP contribution < -0.4 is 5.32 Å². The van der Waals surface area contributed by atoms with Crippen LogP contribution in [0.2, 0.25) is 0 Å². The van der Waals surface area contributed by atoms with E-state index >= 15 is 0 Å². The molecule has 1 N–H and O–H groups in total. The molecule has 4 nitrogen and oxygen atoms in total. The molecule has 1 atom stereocenters. The molecule has 3 aromatic rings. The van der Waals surface area contributed by atoms with E-state index in [2.05, 4.69) is 64.0 Å². The van der Waals surface area contributed by atoms with Crippen molar-refractivity contribution in [3.8, 4) is 0 Å². The van der Waals surface area contributed by atoms with Crippen LogP contribution in [-0.2, 0) is 0 Å². The fraction of sp³-hybridized carbons (Fsp3) is 0.222. The lowest BCUT2D eigenvalue weighted by molar-refractivity contribution is 0.387. The van der Waals surface area contributed by atoms with Crippen molar-refractivity contribution < 1.29 is 4.42 Å². The topological polar surface area (TPSA) is 51.0 Å². The highest BCUT2D eigenvalue weighted by Crippen LogP contribution is 2.25. The van der Waals surface area contributed by atoms with Crippen molar-refractivity contribution in [2.24, 2.45) is 0 Å². The first-order valence-corrected chi connectivity index (χ1v) is 7.40. The summed E-state index contributed by atoms with van der Waals surface area (Å²) in [4.78, 5) is 0. The molecular formula is C18H19N3O. The first-order chi connectivity index (χ1) is 10.7. The van der Waals surface area contributed by atoms with E-state index < -0.39 is 0 Å². The van der Waals surface area contributed by atoms with Crippen LogP contribution in [0, 0.1) is 6.92 Å². The fourth-order valence-corrected chi connectivity index (χ4v) is 2.48. The number of aromatic nitrogens is 2. The molecule has 0 saturated heterocycles. The maximum absolute atomic E-state index is 5.53. The Balaban J connectivity index is 1.89. The maximum atomic E-state index is 5.53. The summed E-state index contributed by atoms with van der Waals surface area (Å²) < 4.78 is 5.53. The lowest BCUT2D eigenvalue weighted by Gasteiger charge is -2.22. The predicted molar refractivity (Wildman–Crippen MR) is 85.3 cm³/mol. The Bertz CT molecular complexity index is 670. The van der Waals surface area contributed by atoms with E-state index in [1.54, 1.807) is 6.92 Å². The second kappa shape index (κ2) is 6.54. The number of hydrogen-bond acceptors (Lipinski definition) is 4. The van der Waals surface area contributed by atoms with Crippen LogP contribution in [0.1, 0.15) is 41.9 Å². The third kappa shape index (κ3) is 3.23. The molecule has 3 rings (SSSR count). The number of nitrogens with zero attached hydrogens (tertiary/aromatic N) is 2. The number of nitrogens with one attached hydrogen (secondary N) is 1. The van der Waals surface area contributed by atoms with E-state index in [0.717, 1.165) is 0 Å². The van der Waals surface area contributed by atoms with Crippen molar-refractivity contribution in [2.45, 2.75) is 25.9 Å². The molecule has 0 aliphatic rings. The summed E-state index contributed by atoms with van der Waals surface area (Å²) in [6.07, 6.45) is 0. The van der Waals surface area contributed by atoms with Gasteiger partial charge in [0, 0.05) is 6.92 Å². The first-order valence-electron chi connectivity index (χ1n) is 7.40. The summed E-state index contributed by atoms with van der Waals surface area (Å²) in [6, 6.07) is 20.8. The molecular weight excluding hydrogens is 274 g/mol. The van der Waals surface area contributed by atoms with Crippen LogP contribution in [-0.4, -0.2) is 10.2 Å². The van der Waals surface area contributed by atoms with Gasteiger partial charge in [0.15, 0.2) is 0 Å². The quantitative estimate of drug-likeness (QED) is 0.777. The molecule has 112 valence electrons. The van der Waals surface area contributed by atoms with Crippen LogP contribution in [0.4, 0.5) is 0 Å². The van der Waals surface area contributed by atoms with Gasteiger partial charge in [-0.05, 0) is 18.1 Å². The molecule has 0 saturated carbocycles. The van der Waals surface area contributed by atoms with E-state index in [4.69, 9.17) is 4.42 Å². The zero-order valence-electron chi connectivity index (χ0n) is 12.7. The molecule has 4 heteroatoms. The Labute approximate surface area is 130 Å². The molecule has 0 fully saturated rings. The van der Waals surface area contributed by atoms with E-state index in [9.17, 15) is 0 Å². The van der Waals surface area contributed by atoms with Gasteiger partial charge < -0.3 is 4.42 Å². The maximum Gasteiger partial charge on any atom is 0.233 e. The summed E-state index contributed by atoms with van der Waals surface area (Å²) in [5.41, 5.74) is 2.41. The Morgan fingerprint density at radius 1 is 0.864 bits per heavy atom. The molecule has 0 amide bonds. The van der Waals surface area contributed by atoms with Crippen molar-refractivity contribution in [2.75, 3.05) is 0 Å². The second-order valence-corrected chi connectivity index (χ2v) is 5.30. The van der Waals surface area contributed by atoms with Crippen molar-refractivity contribution in [3.05, 3.63) is 83.6 Å². The van der Waals surface area contributed by atoms with Crippen molar-refractivity contribution in [3.63, 3.8) is 0 Å². The normalized spacial score (nSPS) is 12.5. The van der Waals surface area contributed by atoms with E-state index in [0.29, 0.717) is 11.8 Å². The second-order valence-electron chi connectivity index (χ2n) is 5.30. The Kier molecular flexibility index (Phi) is 4.30. The standard InChI is InChI=1S/C18H19N3O/c1-13(18-21-20-14(2)22-18)19-17(15-9-5-3-6-10-15)16-11-7-4-8-12-16/h3-13,17,19H,1-2H3. The highest BCUT2D eigenvalue weighted by atomic mass is 16.4. The zero-order valence-corrected chi connectivity index (χ0v) is 12.7. The average Bonchev–Trinajstić information content (AvgIpc) is 3.01. The molecule has 1 unspecified atom stereocenters. The monoisotopic (exact) mass is 293 g/mol. The average molecular weight is 293 g/mol. The van der Waals surface area contributed by atoms with Crippen molar-refractivity contribution in [1.29, 1.82) is 0 Å². The van der Waals surface area contributed by atoms with Crippen LogP contribution >= 0.6 is 0 Å². The molecule has 1 heterocycles. The molecule has 0 radical (unpaired) electrons. The summed E-state index contributed by atoms with van der Waals surface area (Å²) in [6.45, 7) is 3.83. The first kappa shape index (κ1) is 14.5. The van der Waals surface area contributed by atoms with Crippen LogP contribution in [0.3, 0.4) is 0 Å². The van der Waals surface area contributed by atoms with E-state index in [1.807, 2.05) is 19.1 Å². The van der Waals surface area contributed by atoms with Crippen LogP contribution in [0.25, 0.3) is 0 Å². The SMILES string of the molecule is Cc1nnc(C(C)NC(c2ccccc2)c2ccccc2)o1. The Hall–Kier alpha value is -2.46. The lowest BCUT2D eigenvalue weighted by Crippen LogP contribution is -2.25. The smallest absolute Gasteiger partial charge is 0.233 e. The van der Waals surface area contributed by atoms with Crippen molar-refractivity contribution >= 4 is 0 Å². The highest BCUT2D eigenvalue weighted by molar-refractivity contribution is 5.31. The van der Waals surface area contributed by atoms with Gasteiger partial charge in [-0.3, -0.25) is 5.32 Å². The zero-order chi connectivity index (χ0) is 15.4. The molecule has 0 aliphatic carbocycles. The van der Waals surface area contributed by atoms with Gasteiger partial charge in [-0.1, -0.05) is 60.7 Å². The molecule has 0 spiro atoms. The van der Waals surface area contributed by atoms with Gasteiger partial charge in [0.25, 0.3) is 0 Å². The third-order valence-electron chi connectivity index (χ3n) is 3.59. The largest absolute Gasteiger partial charge is 0.424 e. The van der Waals surface area contributed by atoms with Crippen LogP contribution in [0.5, 0.6) is 0 Å². The molecule has 22 heavy (non-hydrogen) atoms. The van der Waals surface area contributed by atoms with Gasteiger partial charge in [-0.2, -0.15) is 0 Å². The number of aryl methyl sites for hydroxylation is 1. The summed E-state index contributed by atoms with van der Waals surface area (Å²) in [7, 11) is 0. The van der Waals surface area contributed by atoms with Gasteiger partial charge in [-0.25, -0.2) is 0 Å². The Morgan fingerprint density at radius 2 is 1.41 bits per heavy atom. The van der Waals surface area contributed by atoms with Crippen LogP contribution in [0.15, 0.2) is 65.1 Å². The highest BCUT2D eigenvalue weighted by Gasteiger charge is 2.20. The summed E-state index contributed by atoms with van der Waals surface area (Å²) in [5, 5.41) is 11.6. The molecule has 2 aromatic carbocycles. The van der Waals surface area contributed by atoms with Gasteiger partial charge in [0.05, 0.1) is 12.1 Å². The number of hydrogen-bond donors (Lipinski definition) is 1. The predicted octanol–water partition coefficient (Wildman–Crippen LogP) is 3.82. The molecule has 0 bridgehead atoms.